The van der Waals surface area contributed by atoms with Crippen LogP contribution in [0.3, 0.4) is 0 Å². The molecule has 0 aromatic heterocycles. The molecule has 1 atom stereocenters. The Hall–Kier alpha value is -1.67. The van der Waals surface area contributed by atoms with Crippen LogP contribution in [0.4, 0.5) is 4.39 Å². The normalized spacial score (nSPS) is 12.4. The van der Waals surface area contributed by atoms with Gasteiger partial charge in [0, 0.05) is 6.04 Å². The highest BCUT2D eigenvalue weighted by Crippen LogP contribution is 2.24. The number of aryl methyl sites for hydroxylation is 1. The molecule has 0 aliphatic rings. The van der Waals surface area contributed by atoms with Gasteiger partial charge >= 0.3 is 0 Å². The van der Waals surface area contributed by atoms with Crippen molar-refractivity contribution in [3.05, 3.63) is 59.4 Å². The molecule has 2 aromatic rings. The molecule has 0 heterocycles. The Morgan fingerprint density at radius 1 is 1.06 bits per heavy atom. The third-order valence-corrected chi connectivity index (χ3v) is 3.27. The first-order valence-corrected chi connectivity index (χ1v) is 6.24. The van der Waals surface area contributed by atoms with Gasteiger partial charge in [-0.05, 0) is 47.7 Å². The molecule has 1 nitrogen and oxygen atoms in total. The van der Waals surface area contributed by atoms with Gasteiger partial charge in [-0.1, -0.05) is 37.3 Å². The Kier molecular flexibility index (Phi) is 3.78. The van der Waals surface area contributed by atoms with Gasteiger partial charge in [0.15, 0.2) is 0 Å². The highest BCUT2D eigenvalue weighted by atomic mass is 19.1. The van der Waals surface area contributed by atoms with Gasteiger partial charge in [0.2, 0.25) is 0 Å². The van der Waals surface area contributed by atoms with E-state index >= 15 is 0 Å². The van der Waals surface area contributed by atoms with Crippen molar-refractivity contribution in [1.29, 1.82) is 0 Å². The number of hydrogen-bond acceptors (Lipinski definition) is 1. The predicted octanol–water partition coefficient (Wildman–Crippen LogP) is 4.21. The highest BCUT2D eigenvalue weighted by Gasteiger charge is 2.05. The Balaban J connectivity index is 2.31. The number of hydrogen-bond donors (Lipinski definition) is 1. The molecule has 0 spiro atoms. The summed E-state index contributed by atoms with van der Waals surface area (Å²) in [7, 11) is 0. The van der Waals surface area contributed by atoms with Gasteiger partial charge < -0.3 is 5.73 Å². The fourth-order valence-corrected chi connectivity index (χ4v) is 1.98. The molecule has 0 aliphatic carbocycles. The zero-order chi connectivity index (χ0) is 13.1. The zero-order valence-electron chi connectivity index (χ0n) is 10.8. The van der Waals surface area contributed by atoms with Crippen molar-refractivity contribution in [3.8, 4) is 11.1 Å². The third-order valence-electron chi connectivity index (χ3n) is 3.27. The van der Waals surface area contributed by atoms with Gasteiger partial charge in [0.25, 0.3) is 0 Å². The molecule has 0 aliphatic heterocycles. The molecule has 2 rings (SSSR count). The smallest absolute Gasteiger partial charge is 0.126 e. The molecule has 2 heteroatoms. The van der Waals surface area contributed by atoms with Crippen molar-refractivity contribution in [2.24, 2.45) is 5.73 Å². The molecule has 0 saturated carbocycles. The van der Waals surface area contributed by atoms with Crippen molar-refractivity contribution in [2.75, 3.05) is 0 Å². The third kappa shape index (κ3) is 2.59. The lowest BCUT2D eigenvalue weighted by molar-refractivity contribution is 0.619. The second-order valence-corrected chi connectivity index (χ2v) is 4.60. The van der Waals surface area contributed by atoms with Crippen LogP contribution in [0.25, 0.3) is 11.1 Å². The van der Waals surface area contributed by atoms with E-state index in [0.29, 0.717) is 5.56 Å². The topological polar surface area (TPSA) is 26.0 Å². The molecule has 0 amide bonds. The van der Waals surface area contributed by atoms with Crippen LogP contribution in [0.2, 0.25) is 0 Å². The Morgan fingerprint density at radius 2 is 1.67 bits per heavy atom. The maximum atomic E-state index is 13.2. The number of nitrogens with two attached hydrogens (primary N) is 1. The van der Waals surface area contributed by atoms with E-state index in [-0.39, 0.29) is 11.9 Å². The monoisotopic (exact) mass is 243 g/mol. The van der Waals surface area contributed by atoms with E-state index in [1.807, 2.05) is 30.3 Å². The second-order valence-electron chi connectivity index (χ2n) is 4.60. The van der Waals surface area contributed by atoms with Crippen molar-refractivity contribution in [2.45, 2.75) is 26.3 Å². The van der Waals surface area contributed by atoms with Crippen molar-refractivity contribution >= 4 is 0 Å². The summed E-state index contributed by atoms with van der Waals surface area (Å²) in [5, 5.41) is 0. The van der Waals surface area contributed by atoms with Gasteiger partial charge in [0.05, 0.1) is 0 Å². The highest BCUT2D eigenvalue weighted by molar-refractivity contribution is 5.64. The molecule has 0 bridgehead atoms. The van der Waals surface area contributed by atoms with Crippen LogP contribution < -0.4 is 5.73 Å². The minimum atomic E-state index is -0.164. The number of benzene rings is 2. The molecule has 94 valence electrons. The summed E-state index contributed by atoms with van der Waals surface area (Å²) >= 11 is 0. The molecule has 2 N–H and O–H groups in total. The standard InChI is InChI=1S/C16H18FN/c1-3-16(18)13-6-4-12(5-7-13)14-8-9-15(17)11(2)10-14/h4-10,16H,3,18H2,1-2H3. The lowest BCUT2D eigenvalue weighted by atomic mass is 9.99. The van der Waals surface area contributed by atoms with Gasteiger partial charge in [-0.15, -0.1) is 0 Å². The number of halogens is 1. The lowest BCUT2D eigenvalue weighted by Crippen LogP contribution is -2.08. The minimum Gasteiger partial charge on any atom is -0.324 e. The molecule has 2 aromatic carbocycles. The van der Waals surface area contributed by atoms with Crippen molar-refractivity contribution in [1.82, 2.24) is 0 Å². The maximum absolute atomic E-state index is 13.2. The summed E-state index contributed by atoms with van der Waals surface area (Å²) in [5.41, 5.74) is 9.91. The number of rotatable bonds is 3. The van der Waals surface area contributed by atoms with Crippen LogP contribution in [0.1, 0.15) is 30.5 Å². The van der Waals surface area contributed by atoms with Gasteiger partial charge in [-0.25, -0.2) is 4.39 Å². The lowest BCUT2D eigenvalue weighted by Gasteiger charge is -2.10. The first-order valence-electron chi connectivity index (χ1n) is 6.24. The summed E-state index contributed by atoms with van der Waals surface area (Å²) in [6.45, 7) is 3.85. The fourth-order valence-electron chi connectivity index (χ4n) is 1.98. The average molecular weight is 243 g/mol. The van der Waals surface area contributed by atoms with E-state index in [1.54, 1.807) is 13.0 Å². The van der Waals surface area contributed by atoms with E-state index in [9.17, 15) is 4.39 Å². The minimum absolute atomic E-state index is 0.0917. The first-order chi connectivity index (χ1) is 8.61. The summed E-state index contributed by atoms with van der Waals surface area (Å²) < 4.78 is 13.2. The van der Waals surface area contributed by atoms with Crippen molar-refractivity contribution in [3.63, 3.8) is 0 Å². The average Bonchev–Trinajstić information content (AvgIpc) is 2.41. The van der Waals surface area contributed by atoms with Gasteiger partial charge in [0.1, 0.15) is 5.82 Å². The van der Waals surface area contributed by atoms with E-state index < -0.39 is 0 Å². The zero-order valence-corrected chi connectivity index (χ0v) is 10.8. The molecule has 0 saturated heterocycles. The molecule has 0 fully saturated rings. The van der Waals surface area contributed by atoms with Gasteiger partial charge in [-0.3, -0.25) is 0 Å². The summed E-state index contributed by atoms with van der Waals surface area (Å²) in [6, 6.07) is 13.4. The summed E-state index contributed by atoms with van der Waals surface area (Å²) in [6.07, 6.45) is 0.926. The maximum Gasteiger partial charge on any atom is 0.126 e. The largest absolute Gasteiger partial charge is 0.324 e. The molecule has 1 unspecified atom stereocenters. The second kappa shape index (κ2) is 5.32. The van der Waals surface area contributed by atoms with Crippen LogP contribution in [0, 0.1) is 12.7 Å². The SMILES string of the molecule is CCC(N)c1ccc(-c2ccc(F)c(C)c2)cc1. The van der Waals surface area contributed by atoms with E-state index in [2.05, 4.69) is 6.92 Å². The Bertz CT molecular complexity index is 531. The quantitative estimate of drug-likeness (QED) is 0.858. The van der Waals surface area contributed by atoms with Gasteiger partial charge in [-0.2, -0.15) is 0 Å². The Labute approximate surface area is 107 Å². The first kappa shape index (κ1) is 12.8. The fraction of sp³-hybridized carbons (Fsp3) is 0.250. The van der Waals surface area contributed by atoms with Crippen LogP contribution in [-0.4, -0.2) is 0 Å². The van der Waals surface area contributed by atoms with Crippen LogP contribution in [0.15, 0.2) is 42.5 Å². The predicted molar refractivity (Wildman–Crippen MR) is 73.8 cm³/mol. The van der Waals surface area contributed by atoms with E-state index in [1.165, 1.54) is 6.07 Å². The molecular weight excluding hydrogens is 225 g/mol. The van der Waals surface area contributed by atoms with E-state index in [4.69, 9.17) is 5.73 Å². The summed E-state index contributed by atoms with van der Waals surface area (Å²) in [4.78, 5) is 0. The molecular formula is C16H18FN. The molecule has 0 radical (unpaired) electrons. The van der Waals surface area contributed by atoms with E-state index in [0.717, 1.165) is 23.1 Å². The van der Waals surface area contributed by atoms with Crippen LogP contribution in [-0.2, 0) is 0 Å². The van der Waals surface area contributed by atoms with Crippen LogP contribution >= 0.6 is 0 Å². The van der Waals surface area contributed by atoms with Crippen LogP contribution in [0.5, 0.6) is 0 Å². The molecule has 18 heavy (non-hydrogen) atoms. The summed E-state index contributed by atoms with van der Waals surface area (Å²) in [5.74, 6) is -0.164. The van der Waals surface area contributed by atoms with Crippen molar-refractivity contribution < 1.29 is 4.39 Å². The Morgan fingerprint density at radius 3 is 2.22 bits per heavy atom.